The first-order valence-electron chi connectivity index (χ1n) is 7.84. The van der Waals surface area contributed by atoms with E-state index >= 15 is 0 Å². The lowest BCUT2D eigenvalue weighted by Gasteiger charge is -2.37. The summed E-state index contributed by atoms with van der Waals surface area (Å²) in [5.41, 5.74) is 1.35. The predicted molar refractivity (Wildman–Crippen MR) is 91.8 cm³/mol. The molecule has 5 heteroatoms. The van der Waals surface area contributed by atoms with Gasteiger partial charge in [-0.2, -0.15) is 0 Å². The van der Waals surface area contributed by atoms with Gasteiger partial charge in [0, 0.05) is 22.7 Å². The van der Waals surface area contributed by atoms with Gasteiger partial charge in [-0.25, -0.2) is 0 Å². The highest BCUT2D eigenvalue weighted by molar-refractivity contribution is 6.04. The van der Waals surface area contributed by atoms with Crippen LogP contribution in [0.5, 0.6) is 11.5 Å². The standard InChI is InChI=1S/C19H21NO4/c1-19(11-23-12-19)13-24-17-5-3-4-15(10-17)20-18(21)14-6-8-16(22-2)9-7-14/h3-10H,11-13H2,1-2H3,(H,20,21). The van der Waals surface area contributed by atoms with Crippen molar-refractivity contribution in [2.75, 3.05) is 32.2 Å². The number of methoxy groups -OCH3 is 1. The van der Waals surface area contributed by atoms with Gasteiger partial charge in [0.05, 0.1) is 26.9 Å². The van der Waals surface area contributed by atoms with Gasteiger partial charge in [-0.3, -0.25) is 4.79 Å². The minimum Gasteiger partial charge on any atom is -0.497 e. The molecular formula is C19H21NO4. The van der Waals surface area contributed by atoms with Crippen LogP contribution in [-0.4, -0.2) is 32.8 Å². The van der Waals surface area contributed by atoms with Crippen molar-refractivity contribution in [3.05, 3.63) is 54.1 Å². The zero-order valence-corrected chi connectivity index (χ0v) is 13.9. The van der Waals surface area contributed by atoms with Crippen molar-refractivity contribution in [1.29, 1.82) is 0 Å². The van der Waals surface area contributed by atoms with E-state index in [2.05, 4.69) is 12.2 Å². The first kappa shape index (κ1) is 16.3. The second kappa shape index (κ2) is 6.93. The highest BCUT2D eigenvalue weighted by atomic mass is 16.5. The van der Waals surface area contributed by atoms with Crippen LogP contribution in [0.25, 0.3) is 0 Å². The van der Waals surface area contributed by atoms with Crippen molar-refractivity contribution < 1.29 is 19.0 Å². The zero-order valence-electron chi connectivity index (χ0n) is 13.9. The molecule has 1 saturated heterocycles. The fourth-order valence-electron chi connectivity index (χ4n) is 2.40. The van der Waals surface area contributed by atoms with E-state index < -0.39 is 0 Å². The highest BCUT2D eigenvalue weighted by Crippen LogP contribution is 2.28. The molecule has 1 fully saturated rings. The summed E-state index contributed by atoms with van der Waals surface area (Å²) in [5.74, 6) is 1.28. The van der Waals surface area contributed by atoms with Gasteiger partial charge in [-0.15, -0.1) is 0 Å². The van der Waals surface area contributed by atoms with Gasteiger partial charge in [-0.05, 0) is 36.4 Å². The molecule has 2 aromatic carbocycles. The van der Waals surface area contributed by atoms with Crippen molar-refractivity contribution in [1.82, 2.24) is 0 Å². The number of carbonyl (C=O) groups excluding carboxylic acids is 1. The Hall–Kier alpha value is -2.53. The van der Waals surface area contributed by atoms with Crippen molar-refractivity contribution in [3.8, 4) is 11.5 Å². The average Bonchev–Trinajstić information content (AvgIpc) is 2.58. The maximum Gasteiger partial charge on any atom is 0.255 e. The quantitative estimate of drug-likeness (QED) is 0.884. The molecule has 0 bridgehead atoms. The molecule has 1 aliphatic rings. The van der Waals surface area contributed by atoms with Gasteiger partial charge in [0.15, 0.2) is 0 Å². The molecule has 5 nitrogen and oxygen atoms in total. The molecule has 0 spiro atoms. The third-order valence-electron chi connectivity index (χ3n) is 3.93. The molecule has 0 unspecified atom stereocenters. The van der Waals surface area contributed by atoms with Crippen LogP contribution < -0.4 is 14.8 Å². The van der Waals surface area contributed by atoms with E-state index in [-0.39, 0.29) is 11.3 Å². The second-order valence-corrected chi connectivity index (χ2v) is 6.30. The van der Waals surface area contributed by atoms with Gasteiger partial charge in [-0.1, -0.05) is 13.0 Å². The number of rotatable bonds is 6. The number of amides is 1. The Morgan fingerprint density at radius 2 is 1.92 bits per heavy atom. The van der Waals surface area contributed by atoms with Gasteiger partial charge >= 0.3 is 0 Å². The van der Waals surface area contributed by atoms with E-state index in [1.165, 1.54) is 0 Å². The van der Waals surface area contributed by atoms with E-state index in [9.17, 15) is 4.79 Å². The molecule has 0 aromatic heterocycles. The van der Waals surface area contributed by atoms with E-state index in [0.717, 1.165) is 24.7 Å². The lowest BCUT2D eigenvalue weighted by Crippen LogP contribution is -2.44. The Labute approximate surface area is 141 Å². The van der Waals surface area contributed by atoms with Crippen LogP contribution in [0.2, 0.25) is 0 Å². The van der Waals surface area contributed by atoms with Crippen LogP contribution in [0, 0.1) is 5.41 Å². The summed E-state index contributed by atoms with van der Waals surface area (Å²) < 4.78 is 16.1. The molecule has 126 valence electrons. The van der Waals surface area contributed by atoms with Gasteiger partial charge < -0.3 is 19.5 Å². The van der Waals surface area contributed by atoms with E-state index in [1.807, 2.05) is 24.3 Å². The number of carbonyl (C=O) groups is 1. The Kier molecular flexibility index (Phi) is 4.71. The number of anilines is 1. The Bertz CT molecular complexity index is 708. The third kappa shape index (κ3) is 3.86. The number of ether oxygens (including phenoxy) is 3. The molecule has 24 heavy (non-hydrogen) atoms. The lowest BCUT2D eigenvalue weighted by molar-refractivity contribution is -0.120. The molecule has 0 radical (unpaired) electrons. The molecule has 2 aromatic rings. The number of hydrogen-bond donors (Lipinski definition) is 1. The van der Waals surface area contributed by atoms with Crippen LogP contribution in [0.15, 0.2) is 48.5 Å². The summed E-state index contributed by atoms with van der Waals surface area (Å²) in [6.45, 7) is 4.18. The zero-order chi connectivity index (χ0) is 17.0. The predicted octanol–water partition coefficient (Wildman–Crippen LogP) is 3.36. The average molecular weight is 327 g/mol. The maximum absolute atomic E-state index is 12.3. The second-order valence-electron chi connectivity index (χ2n) is 6.30. The van der Waals surface area contributed by atoms with Crippen LogP contribution >= 0.6 is 0 Å². The van der Waals surface area contributed by atoms with Gasteiger partial charge in [0.25, 0.3) is 5.91 Å². The Balaban J connectivity index is 1.61. The van der Waals surface area contributed by atoms with Crippen LogP contribution in [-0.2, 0) is 4.74 Å². The Morgan fingerprint density at radius 1 is 1.17 bits per heavy atom. The number of benzene rings is 2. The largest absolute Gasteiger partial charge is 0.497 e. The van der Waals surface area contributed by atoms with Gasteiger partial charge in [0.2, 0.25) is 0 Å². The van der Waals surface area contributed by atoms with Crippen molar-refractivity contribution in [3.63, 3.8) is 0 Å². The molecule has 1 aliphatic heterocycles. The summed E-state index contributed by atoms with van der Waals surface area (Å²) in [5, 5.41) is 2.88. The van der Waals surface area contributed by atoms with E-state index in [1.54, 1.807) is 31.4 Å². The monoisotopic (exact) mass is 327 g/mol. The normalized spacial score (nSPS) is 15.2. The lowest BCUT2D eigenvalue weighted by atomic mass is 9.90. The van der Waals surface area contributed by atoms with Gasteiger partial charge in [0.1, 0.15) is 11.5 Å². The maximum atomic E-state index is 12.3. The topological polar surface area (TPSA) is 56.8 Å². The molecule has 1 amide bonds. The molecular weight excluding hydrogens is 306 g/mol. The molecule has 3 rings (SSSR count). The molecule has 1 heterocycles. The summed E-state index contributed by atoms with van der Waals surface area (Å²) >= 11 is 0. The van der Waals surface area contributed by atoms with Crippen LogP contribution in [0.1, 0.15) is 17.3 Å². The van der Waals surface area contributed by atoms with E-state index in [0.29, 0.717) is 17.9 Å². The molecule has 0 atom stereocenters. The first-order valence-corrected chi connectivity index (χ1v) is 7.84. The summed E-state index contributed by atoms with van der Waals surface area (Å²) in [7, 11) is 1.59. The third-order valence-corrected chi connectivity index (χ3v) is 3.93. The fourth-order valence-corrected chi connectivity index (χ4v) is 2.40. The van der Waals surface area contributed by atoms with E-state index in [4.69, 9.17) is 14.2 Å². The Morgan fingerprint density at radius 3 is 2.54 bits per heavy atom. The molecule has 0 aliphatic carbocycles. The molecule has 1 N–H and O–H groups in total. The van der Waals surface area contributed by atoms with Crippen LogP contribution in [0.3, 0.4) is 0 Å². The minimum absolute atomic E-state index is 0.0857. The van der Waals surface area contributed by atoms with Crippen LogP contribution in [0.4, 0.5) is 5.69 Å². The van der Waals surface area contributed by atoms with Crippen molar-refractivity contribution >= 4 is 11.6 Å². The highest BCUT2D eigenvalue weighted by Gasteiger charge is 2.34. The summed E-state index contributed by atoms with van der Waals surface area (Å²) in [6.07, 6.45) is 0. The number of nitrogens with one attached hydrogen (secondary N) is 1. The minimum atomic E-state index is -0.172. The summed E-state index contributed by atoms with van der Waals surface area (Å²) in [4.78, 5) is 12.3. The smallest absolute Gasteiger partial charge is 0.255 e. The number of hydrogen-bond acceptors (Lipinski definition) is 4. The fraction of sp³-hybridized carbons (Fsp3) is 0.316. The SMILES string of the molecule is COc1ccc(C(=O)Nc2cccc(OCC3(C)COC3)c2)cc1. The van der Waals surface area contributed by atoms with Crippen molar-refractivity contribution in [2.45, 2.75) is 6.92 Å². The van der Waals surface area contributed by atoms with Crippen molar-refractivity contribution in [2.24, 2.45) is 5.41 Å². The summed E-state index contributed by atoms with van der Waals surface area (Å²) in [6, 6.07) is 14.4. The molecule has 0 saturated carbocycles. The first-order chi connectivity index (χ1) is 11.6.